The Morgan fingerprint density at radius 1 is 1.13 bits per heavy atom. The number of hydrogen-bond donors (Lipinski definition) is 3. The molecule has 0 amide bonds. The molecule has 0 aliphatic heterocycles. The number of carbonyl (C=O) groups is 1. The van der Waals surface area contributed by atoms with Crippen LogP contribution in [0.25, 0.3) is 16.6 Å². The van der Waals surface area contributed by atoms with Gasteiger partial charge in [-0.25, -0.2) is 4.79 Å². The van der Waals surface area contributed by atoms with Gasteiger partial charge in [0.15, 0.2) is 0 Å². The first-order valence-electron chi connectivity index (χ1n) is 10.3. The molecule has 0 atom stereocenters. The standard InChI is InChI=1S/C24H23N3O3/c1-12-16(15-6-7-20(25)18(10-15)21(26)14-4-5-14)8-9-27-22(12)17(13-2-3-13)11-19(23(27)28)24(29)30/h6-11,13-14,26H,2-5,25H2,1H3,(H,29,30). The molecule has 0 bridgehead atoms. The summed E-state index contributed by atoms with van der Waals surface area (Å²) in [6, 6.07) is 9.16. The molecule has 0 saturated heterocycles. The van der Waals surface area contributed by atoms with Gasteiger partial charge >= 0.3 is 5.97 Å². The van der Waals surface area contributed by atoms with E-state index < -0.39 is 11.5 Å². The minimum absolute atomic E-state index is 0.186. The van der Waals surface area contributed by atoms with Crippen LogP contribution in [0.1, 0.15) is 58.6 Å². The van der Waals surface area contributed by atoms with Gasteiger partial charge in [-0.1, -0.05) is 6.07 Å². The summed E-state index contributed by atoms with van der Waals surface area (Å²) >= 11 is 0. The smallest absolute Gasteiger partial charge is 0.341 e. The molecule has 0 spiro atoms. The van der Waals surface area contributed by atoms with Crippen LogP contribution in [-0.2, 0) is 0 Å². The van der Waals surface area contributed by atoms with Gasteiger partial charge in [-0.15, -0.1) is 0 Å². The quantitative estimate of drug-likeness (QED) is 0.439. The molecule has 4 N–H and O–H groups in total. The SMILES string of the molecule is Cc1c(-c2ccc(N)c(C(=N)C3CC3)c2)ccn2c(=O)c(C(=O)O)cc(C3CC3)c12. The van der Waals surface area contributed by atoms with E-state index in [1.807, 2.05) is 31.2 Å². The number of rotatable bonds is 5. The third-order valence-corrected chi connectivity index (χ3v) is 6.30. The molecule has 30 heavy (non-hydrogen) atoms. The van der Waals surface area contributed by atoms with Crippen molar-refractivity contribution in [3.05, 3.63) is 69.1 Å². The summed E-state index contributed by atoms with van der Waals surface area (Å²) in [7, 11) is 0. The summed E-state index contributed by atoms with van der Waals surface area (Å²) in [6.07, 6.45) is 5.75. The Balaban J connectivity index is 1.73. The number of aryl methyl sites for hydroxylation is 1. The number of aromatic carboxylic acids is 1. The van der Waals surface area contributed by atoms with Crippen LogP contribution >= 0.6 is 0 Å². The Morgan fingerprint density at radius 3 is 2.50 bits per heavy atom. The third-order valence-electron chi connectivity index (χ3n) is 6.30. The highest BCUT2D eigenvalue weighted by Crippen LogP contribution is 2.43. The van der Waals surface area contributed by atoms with Gasteiger partial charge in [0.25, 0.3) is 5.56 Å². The number of fused-ring (bicyclic) bond motifs is 1. The monoisotopic (exact) mass is 401 g/mol. The number of nitrogens with two attached hydrogens (primary N) is 1. The molecule has 3 aromatic rings. The largest absolute Gasteiger partial charge is 0.477 e. The summed E-state index contributed by atoms with van der Waals surface area (Å²) in [5.74, 6) is -0.604. The number of aromatic nitrogens is 1. The van der Waals surface area contributed by atoms with Crippen molar-refractivity contribution >= 4 is 22.9 Å². The van der Waals surface area contributed by atoms with E-state index in [9.17, 15) is 14.7 Å². The Bertz CT molecular complexity index is 1300. The van der Waals surface area contributed by atoms with Crippen molar-refractivity contribution in [3.63, 3.8) is 0 Å². The highest BCUT2D eigenvalue weighted by atomic mass is 16.4. The minimum atomic E-state index is -1.19. The summed E-state index contributed by atoms with van der Waals surface area (Å²) in [5, 5.41) is 17.9. The molecule has 0 unspecified atom stereocenters. The Labute approximate surface area is 173 Å². The first-order valence-corrected chi connectivity index (χ1v) is 10.3. The van der Waals surface area contributed by atoms with Crippen LogP contribution in [0.4, 0.5) is 5.69 Å². The molecule has 1 aromatic carbocycles. The number of anilines is 1. The van der Waals surface area contributed by atoms with Gasteiger partial charge in [-0.2, -0.15) is 0 Å². The number of benzene rings is 1. The Hall–Kier alpha value is -3.41. The van der Waals surface area contributed by atoms with Crippen molar-refractivity contribution in [3.8, 4) is 11.1 Å². The number of nitrogens with zero attached hydrogens (tertiary/aromatic N) is 1. The molecule has 2 aliphatic carbocycles. The van der Waals surface area contributed by atoms with Gasteiger partial charge < -0.3 is 16.2 Å². The maximum atomic E-state index is 12.8. The van der Waals surface area contributed by atoms with Gasteiger partial charge in [-0.05, 0) is 85.0 Å². The molecule has 6 heteroatoms. The van der Waals surface area contributed by atoms with E-state index in [4.69, 9.17) is 11.1 Å². The number of carboxylic acid groups (broad SMARTS) is 1. The van der Waals surface area contributed by atoms with Crippen LogP contribution in [0, 0.1) is 18.3 Å². The van der Waals surface area contributed by atoms with Crippen LogP contribution < -0.4 is 11.3 Å². The fraction of sp³-hybridized carbons (Fsp3) is 0.292. The molecule has 5 rings (SSSR count). The Kier molecular flexibility index (Phi) is 4.07. The maximum Gasteiger partial charge on any atom is 0.341 e. The zero-order valence-electron chi connectivity index (χ0n) is 16.7. The van der Waals surface area contributed by atoms with Crippen molar-refractivity contribution in [1.29, 1.82) is 5.41 Å². The summed E-state index contributed by atoms with van der Waals surface area (Å²) < 4.78 is 1.47. The second kappa shape index (κ2) is 6.55. The first kappa shape index (κ1) is 18.6. The fourth-order valence-electron chi connectivity index (χ4n) is 4.32. The van der Waals surface area contributed by atoms with Crippen molar-refractivity contribution in [2.45, 2.75) is 38.5 Å². The van der Waals surface area contributed by atoms with E-state index >= 15 is 0 Å². The first-order chi connectivity index (χ1) is 14.4. The summed E-state index contributed by atoms with van der Waals surface area (Å²) in [5.41, 5.74) is 12.0. The third kappa shape index (κ3) is 2.91. The molecule has 2 fully saturated rings. The zero-order chi connectivity index (χ0) is 21.2. The highest BCUT2D eigenvalue weighted by molar-refractivity contribution is 6.06. The van der Waals surface area contributed by atoms with Crippen molar-refractivity contribution in [1.82, 2.24) is 4.40 Å². The van der Waals surface area contributed by atoms with Crippen molar-refractivity contribution in [2.24, 2.45) is 5.92 Å². The Morgan fingerprint density at radius 2 is 1.87 bits per heavy atom. The number of nitrogen functional groups attached to an aromatic ring is 1. The second-order valence-electron chi connectivity index (χ2n) is 8.46. The molecule has 152 valence electrons. The molecular formula is C24H23N3O3. The lowest BCUT2D eigenvalue weighted by atomic mass is 9.93. The van der Waals surface area contributed by atoms with Gasteiger partial charge in [0.05, 0.1) is 5.52 Å². The number of hydrogen-bond acceptors (Lipinski definition) is 4. The van der Waals surface area contributed by atoms with Crippen LogP contribution in [-0.4, -0.2) is 21.2 Å². The van der Waals surface area contributed by atoms with Crippen LogP contribution in [0.3, 0.4) is 0 Å². The molecule has 2 aliphatic rings. The molecule has 6 nitrogen and oxygen atoms in total. The van der Waals surface area contributed by atoms with Gasteiger partial charge in [-0.3, -0.25) is 9.20 Å². The number of nitrogens with one attached hydrogen (secondary N) is 1. The molecule has 2 heterocycles. The average Bonchev–Trinajstić information content (AvgIpc) is 3.62. The lowest BCUT2D eigenvalue weighted by molar-refractivity contribution is 0.0694. The van der Waals surface area contributed by atoms with E-state index in [0.29, 0.717) is 17.3 Å². The maximum absolute atomic E-state index is 12.8. The van der Waals surface area contributed by atoms with Gasteiger partial charge in [0.2, 0.25) is 0 Å². The van der Waals surface area contributed by atoms with Crippen LogP contribution in [0.15, 0.2) is 41.3 Å². The van der Waals surface area contributed by atoms with E-state index in [1.165, 1.54) is 4.40 Å². The van der Waals surface area contributed by atoms with Crippen LogP contribution in [0.5, 0.6) is 0 Å². The minimum Gasteiger partial charge on any atom is -0.477 e. The fourth-order valence-corrected chi connectivity index (χ4v) is 4.32. The lowest BCUT2D eigenvalue weighted by Crippen LogP contribution is -2.23. The predicted octanol–water partition coefficient (Wildman–Crippen LogP) is 4.21. The van der Waals surface area contributed by atoms with Gasteiger partial charge in [0.1, 0.15) is 5.56 Å². The topological polar surface area (TPSA) is 109 Å². The van der Waals surface area contributed by atoms with Gasteiger partial charge in [0, 0.05) is 29.1 Å². The predicted molar refractivity (Wildman–Crippen MR) is 117 cm³/mol. The average molecular weight is 401 g/mol. The molecule has 2 aromatic heterocycles. The van der Waals surface area contributed by atoms with E-state index in [0.717, 1.165) is 59.0 Å². The zero-order valence-corrected chi connectivity index (χ0v) is 16.7. The number of carboxylic acids is 1. The second-order valence-corrected chi connectivity index (χ2v) is 8.46. The van der Waals surface area contributed by atoms with E-state index in [1.54, 1.807) is 12.3 Å². The van der Waals surface area contributed by atoms with Crippen molar-refractivity contribution < 1.29 is 9.90 Å². The number of pyridine rings is 2. The summed E-state index contributed by atoms with van der Waals surface area (Å²) in [6.45, 7) is 1.97. The molecule has 2 saturated carbocycles. The lowest BCUT2D eigenvalue weighted by Gasteiger charge is -2.16. The molecular weight excluding hydrogens is 378 g/mol. The molecule has 0 radical (unpaired) electrons. The highest BCUT2D eigenvalue weighted by Gasteiger charge is 2.30. The van der Waals surface area contributed by atoms with E-state index in [2.05, 4.69) is 0 Å². The van der Waals surface area contributed by atoms with Crippen molar-refractivity contribution in [2.75, 3.05) is 5.73 Å². The normalized spacial score (nSPS) is 16.0. The van der Waals surface area contributed by atoms with Crippen LogP contribution in [0.2, 0.25) is 0 Å². The van der Waals surface area contributed by atoms with E-state index in [-0.39, 0.29) is 11.5 Å². The summed E-state index contributed by atoms with van der Waals surface area (Å²) in [4.78, 5) is 24.4.